The van der Waals surface area contributed by atoms with Gasteiger partial charge in [0.25, 0.3) is 0 Å². The molecule has 0 spiro atoms. The summed E-state index contributed by atoms with van der Waals surface area (Å²) in [5, 5.41) is 2.06. The standard InChI is InChI=1S/C23H18BrNO.BF4/c1-15-8-10-19(12-16(15)2)25-21-14-23(17-6-4-3-5-7-17)26-22-11-9-18(24)13-20(21)22;2-1(3,4)5/h3-14H,1-2H3;/q;-1/p+1. The van der Waals surface area contributed by atoms with Crippen LogP contribution >= 0.6 is 15.9 Å². The summed E-state index contributed by atoms with van der Waals surface area (Å²) in [5.41, 5.74) is 5.53. The Kier molecular flexibility index (Phi) is 7.00. The van der Waals surface area contributed by atoms with Gasteiger partial charge in [0.05, 0.1) is 11.5 Å². The molecule has 0 saturated heterocycles. The van der Waals surface area contributed by atoms with Crippen LogP contribution in [-0.2, 0) is 0 Å². The Morgan fingerprint density at radius 1 is 0.806 bits per heavy atom. The van der Waals surface area contributed by atoms with Crippen LogP contribution in [0.2, 0.25) is 0 Å². The third-order valence-corrected chi connectivity index (χ3v) is 5.06. The highest BCUT2D eigenvalue weighted by molar-refractivity contribution is 9.10. The van der Waals surface area contributed by atoms with Crippen LogP contribution in [0.15, 0.2) is 81.7 Å². The molecule has 0 saturated carbocycles. The minimum atomic E-state index is -6.00. The highest BCUT2D eigenvalue weighted by Crippen LogP contribution is 2.23. The van der Waals surface area contributed by atoms with E-state index in [1.54, 1.807) is 0 Å². The Hall–Kier alpha value is -2.87. The van der Waals surface area contributed by atoms with E-state index in [0.29, 0.717) is 0 Å². The Morgan fingerprint density at radius 2 is 1.48 bits per heavy atom. The average Bonchev–Trinajstić information content (AvgIpc) is 2.70. The van der Waals surface area contributed by atoms with E-state index >= 15 is 0 Å². The number of fused-ring (bicyclic) bond motifs is 1. The van der Waals surface area contributed by atoms with Gasteiger partial charge in [-0.15, -0.1) is 0 Å². The lowest BCUT2D eigenvalue weighted by Gasteiger charge is -2.03. The van der Waals surface area contributed by atoms with Gasteiger partial charge in [-0.05, 0) is 43.2 Å². The molecule has 1 heterocycles. The van der Waals surface area contributed by atoms with Crippen molar-refractivity contribution in [2.24, 2.45) is 0 Å². The van der Waals surface area contributed by atoms with Gasteiger partial charge in [0, 0.05) is 22.2 Å². The molecule has 2 nitrogen and oxygen atoms in total. The van der Waals surface area contributed by atoms with Crippen LogP contribution in [-0.4, -0.2) is 7.25 Å². The molecule has 0 aliphatic carbocycles. The van der Waals surface area contributed by atoms with Crippen molar-refractivity contribution >= 4 is 39.8 Å². The van der Waals surface area contributed by atoms with Crippen LogP contribution in [0, 0.1) is 13.8 Å². The summed E-state index contributed by atoms with van der Waals surface area (Å²) < 4.78 is 46.2. The van der Waals surface area contributed by atoms with Crippen LogP contribution in [0.4, 0.5) is 23.0 Å². The van der Waals surface area contributed by atoms with Crippen LogP contribution in [0.1, 0.15) is 11.1 Å². The number of halogens is 5. The molecule has 0 aliphatic rings. The first-order valence-electron chi connectivity index (χ1n) is 9.43. The molecule has 160 valence electrons. The quantitative estimate of drug-likeness (QED) is 0.266. The first-order chi connectivity index (χ1) is 14.6. The first-order valence-corrected chi connectivity index (χ1v) is 10.2. The molecule has 1 N–H and O–H groups in total. The fourth-order valence-electron chi connectivity index (χ4n) is 2.98. The molecule has 0 radical (unpaired) electrons. The zero-order valence-electron chi connectivity index (χ0n) is 16.8. The second kappa shape index (κ2) is 9.51. The molecule has 0 fully saturated rings. The zero-order chi connectivity index (χ0) is 22.6. The van der Waals surface area contributed by atoms with Gasteiger partial charge in [-0.25, -0.2) is 4.99 Å². The summed E-state index contributed by atoms with van der Waals surface area (Å²) in [6, 6.07) is 24.7. The topological polar surface area (TPSA) is 27.1 Å². The van der Waals surface area contributed by atoms with Gasteiger partial charge in [-0.1, -0.05) is 52.3 Å². The number of hydrogen-bond donors (Lipinski definition) is 1. The van der Waals surface area contributed by atoms with E-state index < -0.39 is 7.25 Å². The lowest BCUT2D eigenvalue weighted by atomic mass is 10.1. The van der Waals surface area contributed by atoms with Crippen molar-refractivity contribution in [3.8, 4) is 11.3 Å². The number of nitrogens with one attached hydrogen (secondary N) is 1. The van der Waals surface area contributed by atoms with E-state index in [1.807, 2.05) is 30.3 Å². The molecule has 0 aliphatic heterocycles. The third-order valence-electron chi connectivity index (χ3n) is 4.57. The van der Waals surface area contributed by atoms with E-state index in [0.717, 1.165) is 37.8 Å². The lowest BCUT2D eigenvalue weighted by molar-refractivity contribution is -0.400. The van der Waals surface area contributed by atoms with Gasteiger partial charge in [-0.3, -0.25) is 0 Å². The predicted molar refractivity (Wildman–Crippen MR) is 119 cm³/mol. The monoisotopic (exact) mass is 491 g/mol. The van der Waals surface area contributed by atoms with E-state index in [-0.39, 0.29) is 0 Å². The molecule has 3 aromatic carbocycles. The molecule has 1 aromatic heterocycles. The molecule has 31 heavy (non-hydrogen) atoms. The normalized spacial score (nSPS) is 11.9. The lowest BCUT2D eigenvalue weighted by Crippen LogP contribution is -2.70. The Labute approximate surface area is 185 Å². The highest BCUT2D eigenvalue weighted by Gasteiger charge is 2.20. The molecule has 0 bridgehead atoms. The molecular formula is C23H19BBrF4NO. The summed E-state index contributed by atoms with van der Waals surface area (Å²) >= 11 is 3.57. The molecule has 8 heteroatoms. The van der Waals surface area contributed by atoms with Gasteiger partial charge in [0.2, 0.25) is 11.0 Å². The molecule has 0 amide bonds. The van der Waals surface area contributed by atoms with Gasteiger partial charge < -0.3 is 21.7 Å². The van der Waals surface area contributed by atoms with Crippen molar-refractivity contribution in [3.63, 3.8) is 0 Å². The number of rotatable bonds is 2. The van der Waals surface area contributed by atoms with Crippen molar-refractivity contribution in [3.05, 3.63) is 93.8 Å². The molecule has 4 aromatic rings. The largest absolute Gasteiger partial charge is 0.673 e. The van der Waals surface area contributed by atoms with Crippen LogP contribution in [0.25, 0.3) is 22.3 Å². The molecule has 0 atom stereocenters. The summed E-state index contributed by atoms with van der Waals surface area (Å²) in [6.45, 7) is 4.26. The fourth-order valence-corrected chi connectivity index (χ4v) is 3.34. The fraction of sp³-hybridized carbons (Fsp3) is 0.0870. The summed E-state index contributed by atoms with van der Waals surface area (Å²) in [5.74, 6) is 0.840. The van der Waals surface area contributed by atoms with Gasteiger partial charge in [-0.2, -0.15) is 0 Å². The van der Waals surface area contributed by atoms with Gasteiger partial charge in [0.15, 0.2) is 0 Å². The maximum absolute atomic E-state index is 9.75. The van der Waals surface area contributed by atoms with E-state index in [1.165, 1.54) is 11.1 Å². The Bertz CT molecular complexity index is 1260. The minimum Gasteiger partial charge on any atom is -0.456 e. The maximum atomic E-state index is 9.75. The SMILES string of the molecule is Cc1ccc([NH+]=c2cc(-c3ccccc3)oc3ccc(Br)cc23)cc1C.F[B-](F)(F)F. The maximum Gasteiger partial charge on any atom is 0.673 e. The van der Waals surface area contributed by atoms with Crippen LogP contribution < -0.4 is 10.3 Å². The number of benzene rings is 3. The molecule has 0 unspecified atom stereocenters. The first kappa shape index (κ1) is 22.8. The van der Waals surface area contributed by atoms with Crippen LogP contribution in [0.5, 0.6) is 0 Å². The second-order valence-corrected chi connectivity index (χ2v) is 7.87. The van der Waals surface area contributed by atoms with E-state index in [2.05, 4.69) is 77.2 Å². The van der Waals surface area contributed by atoms with Gasteiger partial charge in [0.1, 0.15) is 11.3 Å². The summed E-state index contributed by atoms with van der Waals surface area (Å²) in [7, 11) is -6.00. The minimum absolute atomic E-state index is 0.840. The van der Waals surface area contributed by atoms with Crippen molar-refractivity contribution < 1.29 is 26.7 Å². The van der Waals surface area contributed by atoms with Crippen molar-refractivity contribution in [2.75, 3.05) is 0 Å². The highest BCUT2D eigenvalue weighted by atomic mass is 79.9. The zero-order valence-corrected chi connectivity index (χ0v) is 18.4. The molecule has 4 rings (SSSR count). The van der Waals surface area contributed by atoms with Gasteiger partial charge >= 0.3 is 7.25 Å². The van der Waals surface area contributed by atoms with Crippen molar-refractivity contribution in [2.45, 2.75) is 13.8 Å². The predicted octanol–water partition coefficient (Wildman–Crippen LogP) is 6.09. The number of aryl methyl sites for hydroxylation is 2. The van der Waals surface area contributed by atoms with E-state index in [4.69, 9.17) is 4.42 Å². The van der Waals surface area contributed by atoms with Crippen molar-refractivity contribution in [1.29, 1.82) is 0 Å². The summed E-state index contributed by atoms with van der Waals surface area (Å²) in [6.07, 6.45) is 0. The Balaban J connectivity index is 0.000000491. The van der Waals surface area contributed by atoms with E-state index in [9.17, 15) is 17.3 Å². The second-order valence-electron chi connectivity index (χ2n) is 6.95. The molecular weight excluding hydrogens is 473 g/mol. The average molecular weight is 492 g/mol. The van der Waals surface area contributed by atoms with Crippen LogP contribution in [0.3, 0.4) is 0 Å². The third kappa shape index (κ3) is 6.56. The smallest absolute Gasteiger partial charge is 0.456 e. The number of hydrogen-bond acceptors (Lipinski definition) is 1. The summed E-state index contributed by atoms with van der Waals surface area (Å²) in [4.78, 5) is 3.57. The Morgan fingerprint density at radius 3 is 2.13 bits per heavy atom. The van der Waals surface area contributed by atoms with Crippen molar-refractivity contribution in [1.82, 2.24) is 0 Å².